The maximum absolute atomic E-state index is 11.7. The van der Waals surface area contributed by atoms with Crippen LogP contribution in [-0.2, 0) is 11.3 Å². The molecule has 6 nitrogen and oxygen atoms in total. The lowest BCUT2D eigenvalue weighted by Gasteiger charge is -2.14. The molecule has 1 aliphatic rings. The predicted octanol–water partition coefficient (Wildman–Crippen LogP) is 2.24. The number of amides is 2. The first-order chi connectivity index (χ1) is 10.7. The van der Waals surface area contributed by atoms with Crippen molar-refractivity contribution in [2.45, 2.75) is 51.3 Å². The van der Waals surface area contributed by atoms with Crippen molar-refractivity contribution in [3.63, 3.8) is 0 Å². The number of hydrogen-bond donors (Lipinski definition) is 2. The number of carbonyl (C=O) groups excluding carboxylic acids is 1. The molecule has 2 amide bonds. The summed E-state index contributed by atoms with van der Waals surface area (Å²) in [4.78, 5) is 16.0. The number of urea groups is 1. The Balaban J connectivity index is 1.72. The van der Waals surface area contributed by atoms with Crippen molar-refractivity contribution in [1.29, 1.82) is 0 Å². The van der Waals surface area contributed by atoms with Gasteiger partial charge in [0.15, 0.2) is 0 Å². The molecular weight excluding hydrogens is 282 g/mol. The van der Waals surface area contributed by atoms with E-state index in [0.717, 1.165) is 18.4 Å². The SMILES string of the molecule is COCC(C)NC(=O)NCc1ccc(OC2CCCC2)nc1. The van der Waals surface area contributed by atoms with Crippen molar-refractivity contribution in [2.75, 3.05) is 13.7 Å². The Kier molecular flexibility index (Phi) is 6.45. The van der Waals surface area contributed by atoms with E-state index in [2.05, 4.69) is 15.6 Å². The second-order valence-corrected chi connectivity index (χ2v) is 5.71. The van der Waals surface area contributed by atoms with Gasteiger partial charge in [-0.15, -0.1) is 0 Å². The van der Waals surface area contributed by atoms with Crippen LogP contribution in [0.15, 0.2) is 18.3 Å². The lowest BCUT2D eigenvalue weighted by molar-refractivity contribution is 0.171. The summed E-state index contributed by atoms with van der Waals surface area (Å²) in [6.07, 6.45) is 6.76. The molecule has 0 aliphatic heterocycles. The van der Waals surface area contributed by atoms with E-state index in [0.29, 0.717) is 25.1 Å². The van der Waals surface area contributed by atoms with Crippen LogP contribution in [0.4, 0.5) is 4.79 Å². The Bertz CT molecular complexity index is 458. The third-order valence-corrected chi connectivity index (χ3v) is 3.63. The van der Waals surface area contributed by atoms with Gasteiger partial charge in [0.1, 0.15) is 6.10 Å². The van der Waals surface area contributed by atoms with Gasteiger partial charge in [-0.1, -0.05) is 6.07 Å². The lowest BCUT2D eigenvalue weighted by Crippen LogP contribution is -2.42. The molecule has 122 valence electrons. The van der Waals surface area contributed by atoms with Gasteiger partial charge in [-0.05, 0) is 38.2 Å². The molecule has 0 spiro atoms. The number of rotatable bonds is 7. The molecule has 6 heteroatoms. The summed E-state index contributed by atoms with van der Waals surface area (Å²) in [6.45, 7) is 2.81. The van der Waals surface area contributed by atoms with Crippen LogP contribution in [0.2, 0.25) is 0 Å². The molecule has 22 heavy (non-hydrogen) atoms. The molecule has 1 saturated carbocycles. The summed E-state index contributed by atoms with van der Waals surface area (Å²) >= 11 is 0. The molecule has 1 aromatic heterocycles. The smallest absolute Gasteiger partial charge is 0.315 e. The van der Waals surface area contributed by atoms with Gasteiger partial charge in [-0.2, -0.15) is 0 Å². The van der Waals surface area contributed by atoms with Crippen molar-refractivity contribution in [2.24, 2.45) is 0 Å². The Hall–Kier alpha value is -1.82. The van der Waals surface area contributed by atoms with Gasteiger partial charge < -0.3 is 20.1 Å². The maximum atomic E-state index is 11.7. The van der Waals surface area contributed by atoms with Crippen LogP contribution >= 0.6 is 0 Å². The molecule has 0 aromatic carbocycles. The number of carbonyl (C=O) groups is 1. The minimum Gasteiger partial charge on any atom is -0.474 e. The summed E-state index contributed by atoms with van der Waals surface area (Å²) in [5.74, 6) is 0.661. The average molecular weight is 307 g/mol. The fourth-order valence-corrected chi connectivity index (χ4v) is 2.51. The fraction of sp³-hybridized carbons (Fsp3) is 0.625. The highest BCUT2D eigenvalue weighted by molar-refractivity contribution is 5.74. The second kappa shape index (κ2) is 8.58. The van der Waals surface area contributed by atoms with Gasteiger partial charge in [0.05, 0.1) is 12.6 Å². The van der Waals surface area contributed by atoms with E-state index in [1.165, 1.54) is 12.8 Å². The molecule has 1 unspecified atom stereocenters. The number of hydrogen-bond acceptors (Lipinski definition) is 4. The van der Waals surface area contributed by atoms with Crippen LogP contribution in [0.25, 0.3) is 0 Å². The highest BCUT2D eigenvalue weighted by atomic mass is 16.5. The first-order valence-corrected chi connectivity index (χ1v) is 7.82. The van der Waals surface area contributed by atoms with Crippen molar-refractivity contribution in [3.05, 3.63) is 23.9 Å². The minimum atomic E-state index is -0.212. The molecule has 0 saturated heterocycles. The molecule has 1 heterocycles. The van der Waals surface area contributed by atoms with Crippen molar-refractivity contribution < 1.29 is 14.3 Å². The molecule has 0 radical (unpaired) electrons. The first-order valence-electron chi connectivity index (χ1n) is 7.82. The monoisotopic (exact) mass is 307 g/mol. The summed E-state index contributed by atoms with van der Waals surface area (Å²) in [6, 6.07) is 3.55. The number of methoxy groups -OCH3 is 1. The summed E-state index contributed by atoms with van der Waals surface area (Å²) in [7, 11) is 1.61. The van der Waals surface area contributed by atoms with Crippen molar-refractivity contribution in [3.8, 4) is 5.88 Å². The second-order valence-electron chi connectivity index (χ2n) is 5.71. The summed E-state index contributed by atoms with van der Waals surface area (Å²) < 4.78 is 10.8. The topological polar surface area (TPSA) is 72.5 Å². The Morgan fingerprint density at radius 3 is 2.82 bits per heavy atom. The molecule has 1 aromatic rings. The summed E-state index contributed by atoms with van der Waals surface area (Å²) in [5, 5.41) is 5.58. The zero-order valence-corrected chi connectivity index (χ0v) is 13.3. The van der Waals surface area contributed by atoms with Crippen LogP contribution in [0.1, 0.15) is 38.2 Å². The number of aromatic nitrogens is 1. The Morgan fingerprint density at radius 2 is 2.18 bits per heavy atom. The molecule has 2 N–H and O–H groups in total. The van der Waals surface area contributed by atoms with Gasteiger partial charge in [-0.25, -0.2) is 9.78 Å². The lowest BCUT2D eigenvalue weighted by atomic mass is 10.3. The van der Waals surface area contributed by atoms with Crippen molar-refractivity contribution >= 4 is 6.03 Å². The van der Waals surface area contributed by atoms with Gasteiger partial charge in [0.2, 0.25) is 5.88 Å². The number of ether oxygens (including phenoxy) is 2. The number of pyridine rings is 1. The average Bonchev–Trinajstić information content (AvgIpc) is 3.00. The number of nitrogens with one attached hydrogen (secondary N) is 2. The maximum Gasteiger partial charge on any atom is 0.315 e. The highest BCUT2D eigenvalue weighted by Crippen LogP contribution is 2.22. The zero-order chi connectivity index (χ0) is 15.8. The van der Waals surface area contributed by atoms with E-state index in [1.807, 2.05) is 19.1 Å². The van der Waals surface area contributed by atoms with E-state index in [4.69, 9.17) is 9.47 Å². The number of nitrogens with zero attached hydrogens (tertiary/aromatic N) is 1. The van der Waals surface area contributed by atoms with E-state index in [1.54, 1.807) is 13.3 Å². The van der Waals surface area contributed by atoms with E-state index in [-0.39, 0.29) is 12.1 Å². The van der Waals surface area contributed by atoms with Gasteiger partial charge in [0.25, 0.3) is 0 Å². The third-order valence-electron chi connectivity index (χ3n) is 3.63. The molecule has 1 fully saturated rings. The predicted molar refractivity (Wildman–Crippen MR) is 83.8 cm³/mol. The van der Waals surface area contributed by atoms with Crippen molar-refractivity contribution in [1.82, 2.24) is 15.6 Å². The van der Waals surface area contributed by atoms with E-state index in [9.17, 15) is 4.79 Å². The van der Waals surface area contributed by atoms with Crippen LogP contribution in [-0.4, -0.2) is 36.9 Å². The quantitative estimate of drug-likeness (QED) is 0.810. The van der Waals surface area contributed by atoms with Gasteiger partial charge >= 0.3 is 6.03 Å². The summed E-state index contributed by atoms with van der Waals surface area (Å²) in [5.41, 5.74) is 0.938. The van der Waals surface area contributed by atoms with Crippen LogP contribution in [0, 0.1) is 0 Å². The molecular formula is C16H25N3O3. The normalized spacial score (nSPS) is 16.3. The standard InChI is InChI=1S/C16H25N3O3/c1-12(11-21-2)19-16(20)18-10-13-7-8-15(17-9-13)22-14-5-3-4-6-14/h7-9,12,14H,3-6,10-11H2,1-2H3,(H2,18,19,20). The van der Waals surface area contributed by atoms with Gasteiger partial charge in [0, 0.05) is 25.9 Å². The zero-order valence-electron chi connectivity index (χ0n) is 13.3. The largest absolute Gasteiger partial charge is 0.474 e. The van der Waals surface area contributed by atoms with Crippen LogP contribution in [0.5, 0.6) is 5.88 Å². The third kappa shape index (κ3) is 5.52. The van der Waals surface area contributed by atoms with Crippen LogP contribution in [0.3, 0.4) is 0 Å². The molecule has 0 bridgehead atoms. The van der Waals surface area contributed by atoms with E-state index < -0.39 is 0 Å². The molecule has 1 atom stereocenters. The fourth-order valence-electron chi connectivity index (χ4n) is 2.51. The first kappa shape index (κ1) is 16.5. The molecule has 2 rings (SSSR count). The Labute approximate surface area is 131 Å². The van der Waals surface area contributed by atoms with Gasteiger partial charge in [-0.3, -0.25) is 0 Å². The minimum absolute atomic E-state index is 0.0229. The van der Waals surface area contributed by atoms with E-state index >= 15 is 0 Å². The molecule has 1 aliphatic carbocycles. The Morgan fingerprint density at radius 1 is 1.41 bits per heavy atom. The highest BCUT2D eigenvalue weighted by Gasteiger charge is 2.16. The van der Waals surface area contributed by atoms with Crippen LogP contribution < -0.4 is 15.4 Å².